The Morgan fingerprint density at radius 3 is 2.48 bits per heavy atom. The smallest absolute Gasteiger partial charge is 0.382 e. The quantitative estimate of drug-likeness (QED) is 0.424. The molecule has 1 heterocycles. The molecule has 33 heavy (non-hydrogen) atoms. The van der Waals surface area contributed by atoms with Gasteiger partial charge in [0.25, 0.3) is 15.9 Å². The molecule has 0 aliphatic carbocycles. The first kappa shape index (κ1) is 22.6. The van der Waals surface area contributed by atoms with Crippen LogP contribution in [-0.2, 0) is 16.2 Å². The first-order valence-corrected chi connectivity index (χ1v) is 11.1. The molecule has 0 saturated heterocycles. The molecule has 4 aromatic rings. The predicted molar refractivity (Wildman–Crippen MR) is 118 cm³/mol. The predicted octanol–water partition coefficient (Wildman–Crippen LogP) is 4.78. The minimum absolute atomic E-state index is 0.0452. The van der Waals surface area contributed by atoms with Gasteiger partial charge in [-0.3, -0.25) is 9.52 Å². The van der Waals surface area contributed by atoms with Crippen molar-refractivity contribution in [3.05, 3.63) is 82.9 Å². The van der Waals surface area contributed by atoms with Gasteiger partial charge < -0.3 is 5.73 Å². The van der Waals surface area contributed by atoms with Crippen molar-refractivity contribution in [3.8, 4) is 0 Å². The second-order valence-electron chi connectivity index (χ2n) is 6.95. The highest BCUT2D eigenvalue weighted by molar-refractivity contribution is 7.92. The maximum atomic E-state index is 13.1. The average molecular weight is 495 g/mol. The van der Waals surface area contributed by atoms with Crippen molar-refractivity contribution >= 4 is 49.9 Å². The summed E-state index contributed by atoms with van der Waals surface area (Å²) in [6.07, 6.45) is -4.64. The number of alkyl halides is 3. The van der Waals surface area contributed by atoms with Gasteiger partial charge in [-0.15, -0.1) is 5.10 Å². The zero-order chi connectivity index (χ0) is 24.0. The number of hydrogen-bond donors (Lipinski definition) is 2. The second-order valence-corrected chi connectivity index (χ2v) is 9.03. The zero-order valence-corrected chi connectivity index (χ0v) is 18.0. The number of carbonyl (C=O) groups is 1. The van der Waals surface area contributed by atoms with E-state index < -0.39 is 27.7 Å². The van der Waals surface area contributed by atoms with Crippen LogP contribution in [0, 0.1) is 0 Å². The third-order valence-corrected chi connectivity index (χ3v) is 6.44. The van der Waals surface area contributed by atoms with Crippen molar-refractivity contribution in [1.82, 2.24) is 9.78 Å². The van der Waals surface area contributed by atoms with E-state index in [1.54, 1.807) is 24.3 Å². The van der Waals surface area contributed by atoms with E-state index in [1.807, 2.05) is 0 Å². The number of para-hydroxylation sites is 1. The molecule has 0 saturated carbocycles. The fraction of sp³-hybridized carbons (Fsp3) is 0.0476. The molecule has 0 atom stereocenters. The summed E-state index contributed by atoms with van der Waals surface area (Å²) in [6, 6.07) is 13.8. The van der Waals surface area contributed by atoms with Gasteiger partial charge in [-0.1, -0.05) is 29.8 Å². The van der Waals surface area contributed by atoms with Gasteiger partial charge in [0.15, 0.2) is 5.82 Å². The Bertz CT molecular complexity index is 1500. The van der Waals surface area contributed by atoms with Crippen LogP contribution in [0.15, 0.2) is 71.6 Å². The van der Waals surface area contributed by atoms with E-state index in [-0.39, 0.29) is 27.0 Å². The molecule has 0 aliphatic rings. The number of nitrogens with two attached hydrogens (primary N) is 1. The van der Waals surface area contributed by atoms with E-state index in [2.05, 4.69) is 9.82 Å². The number of nitrogens with zero attached hydrogens (tertiary/aromatic N) is 2. The van der Waals surface area contributed by atoms with E-state index in [0.29, 0.717) is 17.0 Å². The number of nitrogens with one attached hydrogen (secondary N) is 1. The molecule has 0 aliphatic heterocycles. The lowest BCUT2D eigenvalue weighted by Gasteiger charge is -2.12. The van der Waals surface area contributed by atoms with Crippen LogP contribution in [-0.4, -0.2) is 24.1 Å². The molecule has 7 nitrogen and oxygen atoms in total. The maximum Gasteiger partial charge on any atom is 0.416 e. The number of nitrogen functional groups attached to an aromatic ring is 1. The van der Waals surface area contributed by atoms with Gasteiger partial charge in [-0.25, -0.2) is 8.42 Å². The Morgan fingerprint density at radius 2 is 1.76 bits per heavy atom. The standard InChI is InChI=1S/C21H14ClF3N4O3S/c22-17-9-8-14(33(31,32)28-13-5-3-4-12(10-13)21(23,24)25)11-16(17)20(30)29-18-7-2-1-6-15(18)19(26)27-29/h1-11,28H,(H2,26,27). The number of aromatic nitrogens is 2. The maximum absolute atomic E-state index is 13.1. The summed E-state index contributed by atoms with van der Waals surface area (Å²) in [6.45, 7) is 0. The fourth-order valence-electron chi connectivity index (χ4n) is 3.17. The van der Waals surface area contributed by atoms with E-state index in [4.69, 9.17) is 17.3 Å². The lowest BCUT2D eigenvalue weighted by Crippen LogP contribution is -2.17. The molecule has 12 heteroatoms. The highest BCUT2D eigenvalue weighted by Crippen LogP contribution is 2.31. The lowest BCUT2D eigenvalue weighted by molar-refractivity contribution is -0.137. The van der Waals surface area contributed by atoms with Gasteiger partial charge in [-0.05, 0) is 48.5 Å². The molecule has 0 bridgehead atoms. The summed E-state index contributed by atoms with van der Waals surface area (Å²) in [7, 11) is -4.35. The third-order valence-electron chi connectivity index (χ3n) is 4.73. The molecular formula is C21H14ClF3N4O3S. The average Bonchev–Trinajstić information content (AvgIpc) is 3.09. The fourth-order valence-corrected chi connectivity index (χ4v) is 4.44. The highest BCUT2D eigenvalue weighted by Gasteiger charge is 2.31. The zero-order valence-electron chi connectivity index (χ0n) is 16.5. The van der Waals surface area contributed by atoms with Crippen LogP contribution in [0.3, 0.4) is 0 Å². The molecule has 4 rings (SSSR count). The first-order valence-electron chi connectivity index (χ1n) is 9.25. The van der Waals surface area contributed by atoms with Crippen molar-refractivity contribution in [2.24, 2.45) is 0 Å². The Morgan fingerprint density at radius 1 is 1.03 bits per heavy atom. The Kier molecular flexibility index (Phi) is 5.54. The molecule has 1 aromatic heterocycles. The summed E-state index contributed by atoms with van der Waals surface area (Å²) in [4.78, 5) is 12.7. The summed E-state index contributed by atoms with van der Waals surface area (Å²) < 4.78 is 67.5. The number of fused-ring (bicyclic) bond motifs is 1. The minimum Gasteiger partial charge on any atom is -0.382 e. The monoisotopic (exact) mass is 494 g/mol. The van der Waals surface area contributed by atoms with E-state index in [1.165, 1.54) is 12.1 Å². The molecule has 0 fully saturated rings. The molecule has 0 spiro atoms. The van der Waals surface area contributed by atoms with Gasteiger partial charge in [0, 0.05) is 11.1 Å². The summed E-state index contributed by atoms with van der Waals surface area (Å²) >= 11 is 6.15. The van der Waals surface area contributed by atoms with Crippen LogP contribution in [0.25, 0.3) is 10.9 Å². The number of halogens is 4. The molecular weight excluding hydrogens is 481 g/mol. The summed E-state index contributed by atoms with van der Waals surface area (Å²) in [5, 5.41) is 4.49. The summed E-state index contributed by atoms with van der Waals surface area (Å²) in [5.41, 5.74) is 4.76. The van der Waals surface area contributed by atoms with E-state index in [9.17, 15) is 26.4 Å². The largest absolute Gasteiger partial charge is 0.416 e. The topological polar surface area (TPSA) is 107 Å². The number of carbonyl (C=O) groups excluding carboxylic acids is 1. The molecule has 3 N–H and O–H groups in total. The lowest BCUT2D eigenvalue weighted by atomic mass is 10.2. The Hall–Kier alpha value is -3.57. The van der Waals surface area contributed by atoms with E-state index in [0.717, 1.165) is 28.9 Å². The van der Waals surface area contributed by atoms with Crippen molar-refractivity contribution in [3.63, 3.8) is 0 Å². The second kappa shape index (κ2) is 8.09. The van der Waals surface area contributed by atoms with Gasteiger partial charge in [0.1, 0.15) is 0 Å². The van der Waals surface area contributed by atoms with Crippen LogP contribution in [0.5, 0.6) is 0 Å². The molecule has 0 amide bonds. The molecule has 0 radical (unpaired) electrons. The number of hydrogen-bond acceptors (Lipinski definition) is 5. The molecule has 170 valence electrons. The summed E-state index contributed by atoms with van der Waals surface area (Å²) in [5.74, 6) is -0.630. The van der Waals surface area contributed by atoms with Crippen LogP contribution >= 0.6 is 11.6 Å². The number of benzene rings is 3. The van der Waals surface area contributed by atoms with Crippen LogP contribution < -0.4 is 10.5 Å². The molecule has 3 aromatic carbocycles. The number of anilines is 2. The van der Waals surface area contributed by atoms with Gasteiger partial charge in [0.2, 0.25) is 0 Å². The number of sulfonamides is 1. The van der Waals surface area contributed by atoms with Crippen LogP contribution in [0.4, 0.5) is 24.7 Å². The van der Waals surface area contributed by atoms with Crippen LogP contribution in [0.1, 0.15) is 15.9 Å². The van der Waals surface area contributed by atoms with Crippen molar-refractivity contribution in [2.75, 3.05) is 10.5 Å². The third kappa shape index (κ3) is 4.37. The van der Waals surface area contributed by atoms with Gasteiger partial charge in [0.05, 0.1) is 26.6 Å². The highest BCUT2D eigenvalue weighted by atomic mass is 35.5. The number of rotatable bonds is 4. The first-order chi connectivity index (χ1) is 15.5. The Balaban J connectivity index is 1.72. The van der Waals surface area contributed by atoms with Crippen molar-refractivity contribution in [1.29, 1.82) is 0 Å². The normalized spacial score (nSPS) is 12.1. The minimum atomic E-state index is -4.64. The van der Waals surface area contributed by atoms with Gasteiger partial charge >= 0.3 is 6.18 Å². The molecule has 0 unspecified atom stereocenters. The SMILES string of the molecule is Nc1nn(C(=O)c2cc(S(=O)(=O)Nc3cccc(C(F)(F)F)c3)ccc2Cl)c2ccccc12. The van der Waals surface area contributed by atoms with Crippen molar-refractivity contribution in [2.45, 2.75) is 11.1 Å². The van der Waals surface area contributed by atoms with E-state index >= 15 is 0 Å². The van der Waals surface area contributed by atoms with Gasteiger partial charge in [-0.2, -0.15) is 17.9 Å². The van der Waals surface area contributed by atoms with Crippen molar-refractivity contribution < 1.29 is 26.4 Å². The Labute approximate surface area is 190 Å². The van der Waals surface area contributed by atoms with Crippen LogP contribution in [0.2, 0.25) is 5.02 Å².